The van der Waals surface area contributed by atoms with E-state index < -0.39 is 0 Å². The maximum absolute atomic E-state index is 4.36. The highest BCUT2D eigenvalue weighted by Gasteiger charge is 2.23. The molecule has 2 N–H and O–H groups in total. The maximum Gasteiger partial charge on any atom is 0.191 e. The zero-order chi connectivity index (χ0) is 14.4. The van der Waals surface area contributed by atoms with E-state index in [0.29, 0.717) is 12.1 Å². The van der Waals surface area contributed by atoms with Gasteiger partial charge >= 0.3 is 0 Å². The Kier molecular flexibility index (Phi) is 8.94. The van der Waals surface area contributed by atoms with Crippen LogP contribution >= 0.6 is 24.0 Å². The highest BCUT2D eigenvalue weighted by molar-refractivity contribution is 14.0. The Hall–Kier alpha value is -0.0400. The van der Waals surface area contributed by atoms with Crippen LogP contribution in [-0.4, -0.2) is 49.1 Å². The van der Waals surface area contributed by atoms with Crippen molar-refractivity contribution < 1.29 is 0 Å². The van der Waals surface area contributed by atoms with Gasteiger partial charge in [0.2, 0.25) is 0 Å². The molecule has 0 aromatic heterocycles. The molecule has 1 saturated heterocycles. The molecule has 2 unspecified atom stereocenters. The van der Waals surface area contributed by atoms with Gasteiger partial charge in [0.1, 0.15) is 0 Å². The SMILES string of the molecule is CN=C(NCC(C)N1CCCCC1C)NC1CCCC1.I. The Labute approximate surface area is 147 Å². The summed E-state index contributed by atoms with van der Waals surface area (Å²) in [5.74, 6) is 0.980. The first-order valence-corrected chi connectivity index (χ1v) is 8.43. The van der Waals surface area contributed by atoms with Gasteiger partial charge in [-0.2, -0.15) is 0 Å². The van der Waals surface area contributed by atoms with E-state index in [2.05, 4.69) is 34.4 Å². The van der Waals surface area contributed by atoms with Crippen LogP contribution in [0.2, 0.25) is 0 Å². The predicted octanol–water partition coefficient (Wildman–Crippen LogP) is 2.97. The van der Waals surface area contributed by atoms with Crippen molar-refractivity contribution >= 4 is 29.9 Å². The Morgan fingerprint density at radius 3 is 2.48 bits per heavy atom. The number of guanidine groups is 1. The average molecular weight is 408 g/mol. The molecular formula is C16H33IN4. The van der Waals surface area contributed by atoms with E-state index in [4.69, 9.17) is 0 Å². The van der Waals surface area contributed by atoms with Crippen molar-refractivity contribution in [3.05, 3.63) is 0 Å². The maximum atomic E-state index is 4.36. The quantitative estimate of drug-likeness (QED) is 0.427. The van der Waals surface area contributed by atoms with Crippen molar-refractivity contribution in [3.63, 3.8) is 0 Å². The smallest absolute Gasteiger partial charge is 0.191 e. The molecule has 124 valence electrons. The van der Waals surface area contributed by atoms with Gasteiger partial charge in [-0.05, 0) is 46.1 Å². The lowest BCUT2D eigenvalue weighted by molar-refractivity contribution is 0.115. The number of hydrogen-bond donors (Lipinski definition) is 2. The van der Waals surface area contributed by atoms with Gasteiger partial charge in [0.05, 0.1) is 0 Å². The number of nitrogens with zero attached hydrogens (tertiary/aromatic N) is 2. The van der Waals surface area contributed by atoms with E-state index in [1.807, 2.05) is 7.05 Å². The fourth-order valence-corrected chi connectivity index (χ4v) is 3.59. The first-order chi connectivity index (χ1) is 9.70. The van der Waals surface area contributed by atoms with Crippen molar-refractivity contribution in [2.24, 2.45) is 4.99 Å². The van der Waals surface area contributed by atoms with Crippen molar-refractivity contribution in [1.82, 2.24) is 15.5 Å². The molecule has 2 aliphatic rings. The monoisotopic (exact) mass is 408 g/mol. The first-order valence-electron chi connectivity index (χ1n) is 8.43. The van der Waals surface area contributed by atoms with Crippen molar-refractivity contribution in [1.29, 1.82) is 0 Å². The summed E-state index contributed by atoms with van der Waals surface area (Å²) >= 11 is 0. The Morgan fingerprint density at radius 1 is 1.19 bits per heavy atom. The molecule has 2 fully saturated rings. The van der Waals surface area contributed by atoms with Gasteiger partial charge in [-0.1, -0.05) is 19.3 Å². The lowest BCUT2D eigenvalue weighted by Crippen LogP contribution is -2.51. The van der Waals surface area contributed by atoms with Crippen LogP contribution in [0.15, 0.2) is 4.99 Å². The molecular weight excluding hydrogens is 375 g/mol. The van der Waals surface area contributed by atoms with E-state index >= 15 is 0 Å². The number of aliphatic imine (C=N–C) groups is 1. The summed E-state index contributed by atoms with van der Waals surface area (Å²) in [7, 11) is 1.87. The zero-order valence-corrected chi connectivity index (χ0v) is 16.2. The molecule has 5 heteroatoms. The summed E-state index contributed by atoms with van der Waals surface area (Å²) in [6.07, 6.45) is 9.39. The standard InChI is InChI=1S/C16H32N4.HI/c1-13-8-6-7-11-20(13)14(2)12-18-16(17-3)19-15-9-4-5-10-15;/h13-15H,4-12H2,1-3H3,(H2,17,18,19);1H. The summed E-state index contributed by atoms with van der Waals surface area (Å²) < 4.78 is 0. The number of halogens is 1. The molecule has 1 aliphatic heterocycles. The molecule has 21 heavy (non-hydrogen) atoms. The minimum atomic E-state index is 0. The molecule has 0 amide bonds. The van der Waals surface area contributed by atoms with E-state index in [9.17, 15) is 0 Å². The second-order valence-corrected chi connectivity index (χ2v) is 6.51. The second-order valence-electron chi connectivity index (χ2n) is 6.51. The number of piperidine rings is 1. The van der Waals surface area contributed by atoms with Crippen molar-refractivity contribution in [2.75, 3.05) is 20.1 Å². The van der Waals surface area contributed by atoms with E-state index in [1.54, 1.807) is 0 Å². The lowest BCUT2D eigenvalue weighted by atomic mass is 10.0. The molecule has 0 bridgehead atoms. The van der Waals surface area contributed by atoms with Crippen molar-refractivity contribution in [3.8, 4) is 0 Å². The number of nitrogens with one attached hydrogen (secondary N) is 2. The number of rotatable bonds is 4. The van der Waals surface area contributed by atoms with Gasteiger partial charge < -0.3 is 10.6 Å². The van der Waals surface area contributed by atoms with Gasteiger partial charge in [-0.3, -0.25) is 9.89 Å². The van der Waals surface area contributed by atoms with Crippen LogP contribution in [0.3, 0.4) is 0 Å². The second kappa shape index (κ2) is 9.87. The molecule has 1 heterocycles. The van der Waals surface area contributed by atoms with E-state index in [-0.39, 0.29) is 24.0 Å². The summed E-state index contributed by atoms with van der Waals surface area (Å²) in [5.41, 5.74) is 0. The fraction of sp³-hybridized carbons (Fsp3) is 0.938. The summed E-state index contributed by atoms with van der Waals surface area (Å²) in [6, 6.07) is 1.93. The molecule has 1 aliphatic carbocycles. The molecule has 2 atom stereocenters. The topological polar surface area (TPSA) is 39.7 Å². The molecule has 2 rings (SSSR count). The Morgan fingerprint density at radius 2 is 1.86 bits per heavy atom. The third kappa shape index (κ3) is 5.93. The number of hydrogen-bond acceptors (Lipinski definition) is 2. The Bertz CT molecular complexity index is 315. The van der Waals surface area contributed by atoms with Crippen LogP contribution in [0, 0.1) is 0 Å². The normalized spacial score (nSPS) is 26.2. The third-order valence-electron chi connectivity index (χ3n) is 4.91. The average Bonchev–Trinajstić information content (AvgIpc) is 2.96. The van der Waals surface area contributed by atoms with Crippen LogP contribution in [0.25, 0.3) is 0 Å². The Balaban J connectivity index is 0.00000220. The first kappa shape index (κ1) is 19.0. The summed E-state index contributed by atoms with van der Waals surface area (Å²) in [5, 5.41) is 7.07. The van der Waals surface area contributed by atoms with E-state index in [1.165, 1.54) is 51.5 Å². The molecule has 0 aromatic rings. The summed E-state index contributed by atoms with van der Waals surface area (Å²) in [6.45, 7) is 6.92. The molecule has 0 spiro atoms. The predicted molar refractivity (Wildman–Crippen MR) is 102 cm³/mol. The van der Waals surface area contributed by atoms with Crippen LogP contribution in [-0.2, 0) is 0 Å². The minimum absolute atomic E-state index is 0. The van der Waals surface area contributed by atoms with Gasteiger partial charge in [0.25, 0.3) is 0 Å². The van der Waals surface area contributed by atoms with Gasteiger partial charge in [0, 0.05) is 31.7 Å². The highest BCUT2D eigenvalue weighted by Crippen LogP contribution is 2.19. The van der Waals surface area contributed by atoms with Crippen LogP contribution in [0.5, 0.6) is 0 Å². The van der Waals surface area contributed by atoms with Crippen LogP contribution in [0.4, 0.5) is 0 Å². The van der Waals surface area contributed by atoms with Gasteiger partial charge in [-0.15, -0.1) is 24.0 Å². The fourth-order valence-electron chi connectivity index (χ4n) is 3.59. The molecule has 1 saturated carbocycles. The van der Waals surface area contributed by atoms with Gasteiger partial charge in [0.15, 0.2) is 5.96 Å². The van der Waals surface area contributed by atoms with Gasteiger partial charge in [-0.25, -0.2) is 0 Å². The van der Waals surface area contributed by atoms with Crippen LogP contribution in [0.1, 0.15) is 58.8 Å². The number of likely N-dealkylation sites (tertiary alicyclic amines) is 1. The van der Waals surface area contributed by atoms with Crippen molar-refractivity contribution in [2.45, 2.75) is 76.9 Å². The molecule has 4 nitrogen and oxygen atoms in total. The zero-order valence-electron chi connectivity index (χ0n) is 13.9. The summed E-state index contributed by atoms with van der Waals surface area (Å²) in [4.78, 5) is 7.00. The highest BCUT2D eigenvalue weighted by atomic mass is 127. The largest absolute Gasteiger partial charge is 0.355 e. The van der Waals surface area contributed by atoms with E-state index in [0.717, 1.165) is 18.5 Å². The molecule has 0 aromatic carbocycles. The molecule has 0 radical (unpaired) electrons. The minimum Gasteiger partial charge on any atom is -0.355 e. The third-order valence-corrected chi connectivity index (χ3v) is 4.91. The lowest BCUT2D eigenvalue weighted by Gasteiger charge is -2.38. The van der Waals surface area contributed by atoms with Crippen LogP contribution < -0.4 is 10.6 Å².